The summed E-state index contributed by atoms with van der Waals surface area (Å²) in [6, 6.07) is 13.0. The van der Waals surface area contributed by atoms with Gasteiger partial charge in [-0.15, -0.1) is 0 Å². The maximum atomic E-state index is 13.2. The second-order valence-electron chi connectivity index (χ2n) is 8.26. The molecule has 1 fully saturated rings. The fraction of sp³-hybridized carbons (Fsp3) is 0.320. The highest BCUT2D eigenvalue weighted by Crippen LogP contribution is 2.49. The summed E-state index contributed by atoms with van der Waals surface area (Å²) in [6.45, 7) is 1.04. The second-order valence-corrected chi connectivity index (χ2v) is 8.26. The van der Waals surface area contributed by atoms with Gasteiger partial charge in [-0.25, -0.2) is 0 Å². The van der Waals surface area contributed by atoms with Gasteiger partial charge in [-0.2, -0.15) is 5.10 Å². The number of para-hydroxylation sites is 1. The lowest BCUT2D eigenvalue weighted by atomic mass is 9.81. The number of aromatic nitrogens is 2. The average Bonchev–Trinajstić information content (AvgIpc) is 3.25. The number of amides is 1. The summed E-state index contributed by atoms with van der Waals surface area (Å²) in [7, 11) is 3.45. The lowest BCUT2D eigenvalue weighted by Gasteiger charge is -2.44. The Kier molecular flexibility index (Phi) is 5.28. The first-order chi connectivity index (χ1) is 16.1. The summed E-state index contributed by atoms with van der Waals surface area (Å²) in [5.74, 6) is 1.62. The van der Waals surface area contributed by atoms with Gasteiger partial charge in [-0.05, 0) is 30.3 Å². The number of nitrogens with zero attached hydrogens (tertiary/aromatic N) is 3. The van der Waals surface area contributed by atoms with Gasteiger partial charge in [-0.1, -0.05) is 12.1 Å². The van der Waals surface area contributed by atoms with E-state index in [4.69, 9.17) is 14.2 Å². The standard InChI is InChI=1S/C25H25N3O5/c1-27-23-18-5-3-4-6-20(18)33-25(19(23)16-26-27)9-11-28(12-10-25)24(30)17-7-8-21(32-14-13-29)22(15-17)31-2/h3-8,13,15-16H,9-12,14H2,1-2H3. The van der Waals surface area contributed by atoms with E-state index in [0.717, 1.165) is 22.6 Å². The predicted octanol–water partition coefficient (Wildman–Crippen LogP) is 3.20. The molecule has 0 atom stereocenters. The van der Waals surface area contributed by atoms with E-state index in [9.17, 15) is 9.59 Å². The molecule has 8 nitrogen and oxygen atoms in total. The molecular weight excluding hydrogens is 422 g/mol. The molecule has 3 aromatic rings. The van der Waals surface area contributed by atoms with Crippen LogP contribution in [0.3, 0.4) is 0 Å². The molecule has 0 saturated carbocycles. The molecule has 170 valence electrons. The van der Waals surface area contributed by atoms with Crippen molar-refractivity contribution >= 4 is 12.2 Å². The SMILES string of the molecule is COc1cc(C(=O)N2CCC3(CC2)Oc2ccccc2-c2c3cnn2C)ccc1OCC=O. The van der Waals surface area contributed by atoms with Crippen LogP contribution in [0.15, 0.2) is 48.7 Å². The quantitative estimate of drug-likeness (QED) is 0.559. The summed E-state index contributed by atoms with van der Waals surface area (Å²) in [5, 5.41) is 4.51. The fourth-order valence-electron chi connectivity index (χ4n) is 4.78. The third-order valence-corrected chi connectivity index (χ3v) is 6.45. The number of aryl methyl sites for hydroxylation is 1. The van der Waals surface area contributed by atoms with Crippen molar-refractivity contribution in [2.45, 2.75) is 18.4 Å². The molecule has 1 spiro atoms. The highest BCUT2D eigenvalue weighted by Gasteiger charge is 2.45. The van der Waals surface area contributed by atoms with Crippen LogP contribution in [0.2, 0.25) is 0 Å². The van der Waals surface area contributed by atoms with Crippen LogP contribution in [-0.2, 0) is 17.4 Å². The Morgan fingerprint density at radius 1 is 1.18 bits per heavy atom. The molecule has 3 heterocycles. The van der Waals surface area contributed by atoms with Crippen LogP contribution in [0.4, 0.5) is 0 Å². The van der Waals surface area contributed by atoms with Crippen LogP contribution >= 0.6 is 0 Å². The van der Waals surface area contributed by atoms with E-state index in [1.165, 1.54) is 7.11 Å². The maximum absolute atomic E-state index is 13.2. The lowest BCUT2D eigenvalue weighted by molar-refractivity contribution is -0.109. The van der Waals surface area contributed by atoms with Crippen LogP contribution in [0.5, 0.6) is 17.2 Å². The topological polar surface area (TPSA) is 82.9 Å². The minimum atomic E-state index is -0.501. The van der Waals surface area contributed by atoms with Crippen molar-refractivity contribution in [1.29, 1.82) is 0 Å². The molecule has 2 aliphatic rings. The molecule has 0 N–H and O–H groups in total. The smallest absolute Gasteiger partial charge is 0.253 e. The fourth-order valence-corrected chi connectivity index (χ4v) is 4.78. The molecule has 1 saturated heterocycles. The van der Waals surface area contributed by atoms with Crippen molar-refractivity contribution in [3.05, 3.63) is 59.8 Å². The molecule has 33 heavy (non-hydrogen) atoms. The molecular formula is C25H25N3O5. The molecule has 0 radical (unpaired) electrons. The van der Waals surface area contributed by atoms with Crippen molar-refractivity contribution in [3.8, 4) is 28.5 Å². The molecule has 8 heteroatoms. The number of hydrogen-bond donors (Lipinski definition) is 0. The Bertz CT molecular complexity index is 1210. The Balaban J connectivity index is 1.36. The van der Waals surface area contributed by atoms with Crippen molar-refractivity contribution in [3.63, 3.8) is 0 Å². The highest BCUT2D eigenvalue weighted by atomic mass is 16.5. The third kappa shape index (κ3) is 3.51. The van der Waals surface area contributed by atoms with E-state index in [-0.39, 0.29) is 12.5 Å². The molecule has 0 bridgehead atoms. The Hall–Kier alpha value is -3.81. The van der Waals surface area contributed by atoms with E-state index >= 15 is 0 Å². The molecule has 1 amide bonds. The number of fused-ring (bicyclic) bond motifs is 4. The third-order valence-electron chi connectivity index (χ3n) is 6.45. The molecule has 0 unspecified atom stereocenters. The Morgan fingerprint density at radius 3 is 2.73 bits per heavy atom. The number of methoxy groups -OCH3 is 1. The number of carbonyl (C=O) groups is 2. The molecule has 2 aromatic carbocycles. The zero-order valence-corrected chi connectivity index (χ0v) is 18.6. The van der Waals surface area contributed by atoms with Crippen LogP contribution in [-0.4, -0.2) is 53.7 Å². The van der Waals surface area contributed by atoms with Gasteiger partial charge >= 0.3 is 0 Å². The van der Waals surface area contributed by atoms with Gasteiger partial charge in [-0.3, -0.25) is 14.3 Å². The summed E-state index contributed by atoms with van der Waals surface area (Å²) in [6.07, 6.45) is 3.90. The highest BCUT2D eigenvalue weighted by molar-refractivity contribution is 5.95. The normalized spacial score (nSPS) is 15.9. The minimum Gasteiger partial charge on any atom is -0.493 e. The van der Waals surface area contributed by atoms with Gasteiger partial charge in [0.05, 0.1) is 19.0 Å². The number of aldehydes is 1. The Morgan fingerprint density at radius 2 is 1.97 bits per heavy atom. The zero-order valence-electron chi connectivity index (χ0n) is 18.6. The van der Waals surface area contributed by atoms with E-state index in [2.05, 4.69) is 11.2 Å². The van der Waals surface area contributed by atoms with Gasteiger partial charge in [0.15, 0.2) is 17.8 Å². The summed E-state index contributed by atoms with van der Waals surface area (Å²) in [4.78, 5) is 25.7. The van der Waals surface area contributed by atoms with E-state index in [1.54, 1.807) is 18.2 Å². The van der Waals surface area contributed by atoms with Crippen LogP contribution in [0, 0.1) is 0 Å². The van der Waals surface area contributed by atoms with Gasteiger partial charge in [0.2, 0.25) is 0 Å². The van der Waals surface area contributed by atoms with Crippen LogP contribution < -0.4 is 14.2 Å². The first-order valence-electron chi connectivity index (χ1n) is 10.9. The number of ether oxygens (including phenoxy) is 3. The summed E-state index contributed by atoms with van der Waals surface area (Å²) >= 11 is 0. The van der Waals surface area contributed by atoms with Crippen molar-refractivity contribution in [2.24, 2.45) is 7.05 Å². The monoisotopic (exact) mass is 447 g/mol. The molecule has 0 aliphatic carbocycles. The number of hydrogen-bond acceptors (Lipinski definition) is 6. The average molecular weight is 447 g/mol. The molecule has 1 aromatic heterocycles. The number of likely N-dealkylation sites (tertiary alicyclic amines) is 1. The first kappa shape index (κ1) is 21.1. The van der Waals surface area contributed by atoms with Crippen LogP contribution in [0.1, 0.15) is 28.8 Å². The Labute approximate surface area is 191 Å². The predicted molar refractivity (Wildman–Crippen MR) is 121 cm³/mol. The van der Waals surface area contributed by atoms with Crippen molar-refractivity contribution in [1.82, 2.24) is 14.7 Å². The molecule has 5 rings (SSSR count). The summed E-state index contributed by atoms with van der Waals surface area (Å²) < 4.78 is 19.2. The lowest BCUT2D eigenvalue weighted by Crippen LogP contribution is -2.49. The zero-order chi connectivity index (χ0) is 23.0. The first-order valence-corrected chi connectivity index (χ1v) is 10.9. The second kappa shape index (κ2) is 8.27. The van der Waals surface area contributed by atoms with Crippen molar-refractivity contribution < 1.29 is 23.8 Å². The number of carbonyl (C=O) groups excluding carboxylic acids is 2. The van der Waals surface area contributed by atoms with E-state index in [0.29, 0.717) is 49.3 Å². The largest absolute Gasteiger partial charge is 0.493 e. The van der Waals surface area contributed by atoms with Crippen LogP contribution in [0.25, 0.3) is 11.3 Å². The van der Waals surface area contributed by atoms with E-state index < -0.39 is 5.60 Å². The van der Waals surface area contributed by atoms with Gasteiger partial charge < -0.3 is 19.1 Å². The van der Waals surface area contributed by atoms with Gasteiger partial charge in [0, 0.05) is 49.7 Å². The number of rotatable bonds is 5. The molecule has 2 aliphatic heterocycles. The number of piperidine rings is 1. The van der Waals surface area contributed by atoms with Crippen molar-refractivity contribution in [2.75, 3.05) is 26.8 Å². The van der Waals surface area contributed by atoms with Gasteiger partial charge in [0.1, 0.15) is 18.0 Å². The van der Waals surface area contributed by atoms with Gasteiger partial charge in [0.25, 0.3) is 5.91 Å². The number of benzene rings is 2. The minimum absolute atomic E-state index is 0.0721. The van der Waals surface area contributed by atoms with E-state index in [1.807, 2.05) is 41.0 Å². The summed E-state index contributed by atoms with van der Waals surface area (Å²) in [5.41, 5.74) is 3.21. The maximum Gasteiger partial charge on any atom is 0.253 e.